The van der Waals surface area contributed by atoms with E-state index in [-0.39, 0.29) is 5.56 Å². The van der Waals surface area contributed by atoms with Gasteiger partial charge in [0.2, 0.25) is 0 Å². The van der Waals surface area contributed by atoms with Gasteiger partial charge < -0.3 is 10.1 Å². The number of esters is 1. The Morgan fingerprint density at radius 1 is 1.23 bits per heavy atom. The molecule has 0 spiro atoms. The molecule has 1 aromatic rings. The van der Waals surface area contributed by atoms with E-state index in [1.807, 2.05) is 0 Å². The quantitative estimate of drug-likeness (QED) is 0.592. The molecule has 122 valence electrons. The summed E-state index contributed by atoms with van der Waals surface area (Å²) in [6.45, 7) is 2.07. The predicted molar refractivity (Wildman–Crippen MR) is 78.4 cm³/mol. The van der Waals surface area contributed by atoms with Crippen molar-refractivity contribution in [3.8, 4) is 0 Å². The van der Waals surface area contributed by atoms with Gasteiger partial charge in [-0.05, 0) is 18.6 Å². The van der Waals surface area contributed by atoms with Gasteiger partial charge in [0, 0.05) is 6.07 Å². The molecule has 4 nitrogen and oxygen atoms in total. The van der Waals surface area contributed by atoms with Crippen LogP contribution < -0.4 is 5.32 Å². The zero-order chi connectivity index (χ0) is 16.5. The summed E-state index contributed by atoms with van der Waals surface area (Å²) in [4.78, 5) is 23.7. The molecule has 22 heavy (non-hydrogen) atoms. The van der Waals surface area contributed by atoms with Crippen molar-refractivity contribution < 1.29 is 23.1 Å². The molecule has 1 aromatic carbocycles. The zero-order valence-corrected chi connectivity index (χ0v) is 12.8. The molecule has 0 fully saturated rings. The van der Waals surface area contributed by atoms with Crippen molar-refractivity contribution in [1.82, 2.24) is 5.32 Å². The molecule has 0 bridgehead atoms. The first-order valence-corrected chi connectivity index (χ1v) is 7.33. The average Bonchev–Trinajstić information content (AvgIpc) is 2.49. The molecular weight excluding hydrogens is 292 g/mol. The van der Waals surface area contributed by atoms with Crippen molar-refractivity contribution >= 4 is 11.9 Å². The van der Waals surface area contributed by atoms with Crippen LogP contribution in [0.2, 0.25) is 0 Å². The van der Waals surface area contributed by atoms with Gasteiger partial charge in [-0.25, -0.2) is 13.6 Å². The molecule has 0 aliphatic rings. The predicted octanol–water partition coefficient (Wildman–Crippen LogP) is 3.21. The van der Waals surface area contributed by atoms with Gasteiger partial charge in [-0.15, -0.1) is 0 Å². The molecule has 1 amide bonds. The maximum absolute atomic E-state index is 13.6. The van der Waals surface area contributed by atoms with E-state index in [0.29, 0.717) is 12.5 Å². The van der Waals surface area contributed by atoms with Crippen molar-refractivity contribution in [2.24, 2.45) is 0 Å². The number of amides is 1. The molecule has 1 rings (SSSR count). The van der Waals surface area contributed by atoms with E-state index < -0.39 is 29.6 Å². The SMILES string of the molecule is CCCCCC[C@@H](NC(=O)c1ccc(F)cc1F)C(=O)OC. The summed E-state index contributed by atoms with van der Waals surface area (Å²) in [5, 5.41) is 2.45. The minimum absolute atomic E-state index is 0.302. The van der Waals surface area contributed by atoms with Gasteiger partial charge in [0.05, 0.1) is 12.7 Å². The van der Waals surface area contributed by atoms with Gasteiger partial charge in [-0.1, -0.05) is 32.6 Å². The number of carbonyl (C=O) groups is 2. The Labute approximate surface area is 128 Å². The van der Waals surface area contributed by atoms with E-state index >= 15 is 0 Å². The Morgan fingerprint density at radius 3 is 2.55 bits per heavy atom. The van der Waals surface area contributed by atoms with Crippen molar-refractivity contribution in [2.45, 2.75) is 45.1 Å². The molecule has 6 heteroatoms. The first-order valence-electron chi connectivity index (χ1n) is 7.33. The van der Waals surface area contributed by atoms with Crippen molar-refractivity contribution in [1.29, 1.82) is 0 Å². The Morgan fingerprint density at radius 2 is 1.95 bits per heavy atom. The van der Waals surface area contributed by atoms with E-state index in [1.165, 1.54) is 7.11 Å². The van der Waals surface area contributed by atoms with Gasteiger partial charge >= 0.3 is 5.97 Å². The second-order valence-electron chi connectivity index (χ2n) is 5.02. The van der Waals surface area contributed by atoms with Gasteiger partial charge in [0.15, 0.2) is 0 Å². The van der Waals surface area contributed by atoms with Crippen LogP contribution in [-0.4, -0.2) is 25.0 Å². The van der Waals surface area contributed by atoms with Crippen LogP contribution in [-0.2, 0) is 9.53 Å². The van der Waals surface area contributed by atoms with Gasteiger partial charge in [0.25, 0.3) is 5.91 Å². The first-order chi connectivity index (χ1) is 10.5. The minimum Gasteiger partial charge on any atom is -0.467 e. The maximum atomic E-state index is 13.6. The van der Waals surface area contributed by atoms with Crippen LogP contribution in [0.25, 0.3) is 0 Å². The number of hydrogen-bond acceptors (Lipinski definition) is 3. The molecule has 0 radical (unpaired) electrons. The van der Waals surface area contributed by atoms with Crippen LogP contribution in [0.15, 0.2) is 18.2 Å². The highest BCUT2D eigenvalue weighted by Crippen LogP contribution is 2.12. The Kier molecular flexibility index (Phi) is 7.49. The number of halogens is 2. The summed E-state index contributed by atoms with van der Waals surface area (Å²) < 4.78 is 31.1. The molecule has 0 saturated carbocycles. The fourth-order valence-electron chi connectivity index (χ4n) is 2.08. The summed E-state index contributed by atoms with van der Waals surface area (Å²) in [5.74, 6) is -3.07. The Balaban J connectivity index is 2.71. The van der Waals surface area contributed by atoms with Crippen LogP contribution in [0.3, 0.4) is 0 Å². The largest absolute Gasteiger partial charge is 0.467 e. The second kappa shape index (κ2) is 9.12. The van der Waals surface area contributed by atoms with Gasteiger partial charge in [-0.3, -0.25) is 4.79 Å². The maximum Gasteiger partial charge on any atom is 0.328 e. The standard InChI is InChI=1S/C16H21F2NO3/c1-3-4-5-6-7-14(16(21)22-2)19-15(20)12-9-8-11(17)10-13(12)18/h8-10,14H,3-7H2,1-2H3,(H,19,20)/t14-/m1/s1. The number of benzene rings is 1. The highest BCUT2D eigenvalue weighted by molar-refractivity contribution is 5.96. The van der Waals surface area contributed by atoms with Gasteiger partial charge in [0.1, 0.15) is 17.7 Å². The normalized spacial score (nSPS) is 11.8. The van der Waals surface area contributed by atoms with E-state index in [2.05, 4.69) is 17.0 Å². The highest BCUT2D eigenvalue weighted by Gasteiger charge is 2.23. The number of carbonyl (C=O) groups excluding carboxylic acids is 2. The average molecular weight is 313 g/mol. The molecule has 0 aromatic heterocycles. The lowest BCUT2D eigenvalue weighted by atomic mass is 10.1. The van der Waals surface area contributed by atoms with Crippen LogP contribution in [0.4, 0.5) is 8.78 Å². The van der Waals surface area contributed by atoms with Crippen LogP contribution >= 0.6 is 0 Å². The molecule has 0 aliphatic carbocycles. The zero-order valence-electron chi connectivity index (χ0n) is 12.8. The molecule has 1 atom stereocenters. The van der Waals surface area contributed by atoms with E-state index in [4.69, 9.17) is 0 Å². The second-order valence-corrected chi connectivity index (χ2v) is 5.02. The van der Waals surface area contributed by atoms with Crippen molar-refractivity contribution in [3.63, 3.8) is 0 Å². The lowest BCUT2D eigenvalue weighted by Crippen LogP contribution is -2.41. The van der Waals surface area contributed by atoms with E-state index in [9.17, 15) is 18.4 Å². The van der Waals surface area contributed by atoms with Gasteiger partial charge in [-0.2, -0.15) is 0 Å². The van der Waals surface area contributed by atoms with Crippen LogP contribution in [0.5, 0.6) is 0 Å². The van der Waals surface area contributed by atoms with Crippen LogP contribution in [0, 0.1) is 11.6 Å². The number of ether oxygens (including phenoxy) is 1. The third-order valence-corrected chi connectivity index (χ3v) is 3.31. The van der Waals surface area contributed by atoms with Crippen molar-refractivity contribution in [2.75, 3.05) is 7.11 Å². The molecule has 0 aliphatic heterocycles. The fourth-order valence-corrected chi connectivity index (χ4v) is 2.08. The molecule has 1 N–H and O–H groups in total. The summed E-state index contributed by atoms with van der Waals surface area (Å²) in [7, 11) is 1.23. The third kappa shape index (κ3) is 5.42. The molecule has 0 saturated heterocycles. The molecule has 0 unspecified atom stereocenters. The van der Waals surface area contributed by atoms with E-state index in [1.54, 1.807) is 0 Å². The molecule has 0 heterocycles. The fraction of sp³-hybridized carbons (Fsp3) is 0.500. The number of rotatable bonds is 8. The number of unbranched alkanes of at least 4 members (excludes halogenated alkanes) is 3. The summed E-state index contributed by atoms with van der Waals surface area (Å²) in [6, 6.07) is 1.83. The minimum atomic E-state index is -0.966. The lowest BCUT2D eigenvalue weighted by Gasteiger charge is -2.16. The number of nitrogens with one attached hydrogen (secondary N) is 1. The monoisotopic (exact) mass is 313 g/mol. The summed E-state index contributed by atoms with van der Waals surface area (Å²) in [6.07, 6.45) is 4.19. The lowest BCUT2D eigenvalue weighted by molar-refractivity contribution is -0.143. The molecular formula is C16H21F2NO3. The Bertz CT molecular complexity index is 520. The topological polar surface area (TPSA) is 55.4 Å². The van der Waals surface area contributed by atoms with E-state index in [0.717, 1.165) is 37.8 Å². The Hall–Kier alpha value is -1.98. The van der Waals surface area contributed by atoms with Crippen molar-refractivity contribution in [3.05, 3.63) is 35.4 Å². The third-order valence-electron chi connectivity index (χ3n) is 3.31. The summed E-state index contributed by atoms with van der Waals surface area (Å²) >= 11 is 0. The smallest absolute Gasteiger partial charge is 0.328 e. The highest BCUT2D eigenvalue weighted by atomic mass is 19.1. The number of methoxy groups -OCH3 is 1. The summed E-state index contributed by atoms with van der Waals surface area (Å²) in [5.41, 5.74) is -0.302. The van der Waals surface area contributed by atoms with Crippen LogP contribution in [0.1, 0.15) is 49.4 Å². The number of hydrogen-bond donors (Lipinski definition) is 1. The first kappa shape index (κ1) is 18.1.